The second kappa shape index (κ2) is 10.1. The summed E-state index contributed by atoms with van der Waals surface area (Å²) in [5, 5.41) is 4.94. The Bertz CT molecular complexity index is 1050. The fourth-order valence-corrected chi connectivity index (χ4v) is 2.54. The van der Waals surface area contributed by atoms with E-state index >= 15 is 0 Å². The van der Waals surface area contributed by atoms with Gasteiger partial charge in [0.25, 0.3) is 5.91 Å². The van der Waals surface area contributed by atoms with Gasteiger partial charge in [0.2, 0.25) is 0 Å². The average Bonchev–Trinajstić information content (AvgIpc) is 2.69. The van der Waals surface area contributed by atoms with Crippen LogP contribution in [0, 0.1) is 12.7 Å². The van der Waals surface area contributed by atoms with E-state index in [1.807, 2.05) is 0 Å². The lowest BCUT2D eigenvalue weighted by Gasteiger charge is -2.16. The van der Waals surface area contributed by atoms with E-state index in [1.165, 1.54) is 32.2 Å². The van der Waals surface area contributed by atoms with Crippen LogP contribution in [0.4, 0.5) is 17.6 Å². The molecule has 2 rings (SSSR count). The van der Waals surface area contributed by atoms with E-state index in [0.717, 1.165) is 24.3 Å². The Hall–Kier alpha value is -3.33. The Morgan fingerprint density at radius 3 is 2.39 bits per heavy atom. The molecule has 0 atom stereocenters. The minimum absolute atomic E-state index is 0.0656. The van der Waals surface area contributed by atoms with Gasteiger partial charge >= 0.3 is 6.18 Å². The number of alkyl halides is 3. The molecule has 0 spiro atoms. The SMILES string of the molecule is CN/C(Cl)=C\C(=C/C=O)NC(=O)c1cc(C(F)(F)F)ccc1Oc1ccc(F)cc1C. The van der Waals surface area contributed by atoms with Crippen molar-refractivity contribution >= 4 is 23.8 Å². The third kappa shape index (κ3) is 6.58. The maximum Gasteiger partial charge on any atom is 0.416 e. The second-order valence-electron chi connectivity index (χ2n) is 6.18. The number of carbonyl (C=O) groups excluding carboxylic acids is 2. The molecule has 10 heteroatoms. The van der Waals surface area contributed by atoms with Crippen molar-refractivity contribution in [3.8, 4) is 11.5 Å². The summed E-state index contributed by atoms with van der Waals surface area (Å²) < 4.78 is 58.5. The lowest BCUT2D eigenvalue weighted by Crippen LogP contribution is -2.24. The highest BCUT2D eigenvalue weighted by Crippen LogP contribution is 2.35. The molecule has 0 aliphatic rings. The summed E-state index contributed by atoms with van der Waals surface area (Å²) in [6, 6.07) is 5.93. The van der Waals surface area contributed by atoms with Gasteiger partial charge in [-0.25, -0.2) is 4.39 Å². The molecule has 2 N–H and O–H groups in total. The first-order chi connectivity index (χ1) is 14.5. The van der Waals surface area contributed by atoms with Crippen LogP contribution >= 0.6 is 11.6 Å². The molecule has 1 amide bonds. The van der Waals surface area contributed by atoms with Gasteiger partial charge in [0.05, 0.1) is 11.1 Å². The average molecular weight is 457 g/mol. The Labute approximate surface area is 180 Å². The highest BCUT2D eigenvalue weighted by molar-refractivity contribution is 6.29. The van der Waals surface area contributed by atoms with Crippen LogP contribution in [0.5, 0.6) is 11.5 Å². The number of allylic oxidation sites excluding steroid dienone is 2. The van der Waals surface area contributed by atoms with Crippen molar-refractivity contribution in [3.63, 3.8) is 0 Å². The molecule has 0 bridgehead atoms. The van der Waals surface area contributed by atoms with E-state index in [-0.39, 0.29) is 22.4 Å². The predicted molar refractivity (Wildman–Crippen MR) is 107 cm³/mol. The van der Waals surface area contributed by atoms with Gasteiger partial charge in [-0.1, -0.05) is 11.6 Å². The number of carbonyl (C=O) groups is 2. The monoisotopic (exact) mass is 456 g/mol. The molecule has 164 valence electrons. The number of benzene rings is 2. The minimum atomic E-state index is -4.71. The molecule has 31 heavy (non-hydrogen) atoms. The minimum Gasteiger partial charge on any atom is -0.456 e. The van der Waals surface area contributed by atoms with Crippen LogP contribution in [-0.4, -0.2) is 19.2 Å². The molecule has 0 aliphatic heterocycles. The molecule has 0 aromatic heterocycles. The zero-order valence-corrected chi connectivity index (χ0v) is 17.1. The summed E-state index contributed by atoms with van der Waals surface area (Å²) in [6.07, 6.45) is -2.17. The zero-order chi connectivity index (χ0) is 23.2. The molecule has 0 saturated carbocycles. The number of amides is 1. The molecule has 2 aromatic rings. The molecule has 5 nitrogen and oxygen atoms in total. The van der Waals surface area contributed by atoms with Crippen molar-refractivity contribution in [3.05, 3.63) is 81.9 Å². The van der Waals surface area contributed by atoms with E-state index in [9.17, 15) is 27.2 Å². The highest BCUT2D eigenvalue weighted by atomic mass is 35.5. The van der Waals surface area contributed by atoms with Crippen LogP contribution in [0.3, 0.4) is 0 Å². The van der Waals surface area contributed by atoms with Gasteiger partial charge in [-0.15, -0.1) is 0 Å². The maximum atomic E-state index is 13.3. The number of rotatable bonds is 7. The van der Waals surface area contributed by atoms with E-state index in [2.05, 4.69) is 10.6 Å². The summed E-state index contributed by atoms with van der Waals surface area (Å²) >= 11 is 5.82. The van der Waals surface area contributed by atoms with Gasteiger partial charge < -0.3 is 15.4 Å². The number of aldehydes is 1. The van der Waals surface area contributed by atoms with E-state index in [4.69, 9.17) is 16.3 Å². The summed E-state index contributed by atoms with van der Waals surface area (Å²) in [7, 11) is 1.49. The molecule has 2 aromatic carbocycles. The summed E-state index contributed by atoms with van der Waals surface area (Å²) in [6.45, 7) is 1.54. The van der Waals surface area contributed by atoms with Gasteiger partial charge in [0.1, 0.15) is 28.8 Å². The number of ether oxygens (including phenoxy) is 1. The topological polar surface area (TPSA) is 67.4 Å². The summed E-state index contributed by atoms with van der Waals surface area (Å²) in [5.41, 5.74) is -1.23. The zero-order valence-electron chi connectivity index (χ0n) is 16.3. The number of halogens is 5. The molecule has 0 heterocycles. The Morgan fingerprint density at radius 1 is 1.13 bits per heavy atom. The lowest BCUT2D eigenvalue weighted by molar-refractivity contribution is -0.137. The van der Waals surface area contributed by atoms with Crippen molar-refractivity contribution in [2.45, 2.75) is 13.1 Å². The summed E-state index contributed by atoms with van der Waals surface area (Å²) in [4.78, 5) is 23.6. The maximum absolute atomic E-state index is 13.3. The standard InChI is InChI=1S/C21H17ClF4N2O3/c1-12-9-14(23)4-6-17(12)31-18-5-3-13(21(24,25)26)10-16(18)20(30)28-15(7-8-29)11-19(22)27-2/h3-11,27H,1-2H3,(H,28,30)/b15-7+,19-11-. The van der Waals surface area contributed by atoms with Crippen LogP contribution in [0.1, 0.15) is 21.5 Å². The van der Waals surface area contributed by atoms with E-state index in [1.54, 1.807) is 0 Å². The highest BCUT2D eigenvalue weighted by Gasteiger charge is 2.32. The third-order valence-electron chi connectivity index (χ3n) is 3.93. The van der Waals surface area contributed by atoms with Crippen molar-refractivity contribution in [2.75, 3.05) is 7.05 Å². The van der Waals surface area contributed by atoms with Gasteiger partial charge in [-0.3, -0.25) is 9.59 Å². The second-order valence-corrected chi connectivity index (χ2v) is 6.58. The molecular weight excluding hydrogens is 440 g/mol. The predicted octanol–water partition coefficient (Wildman–Crippen LogP) is 5.06. The van der Waals surface area contributed by atoms with Crippen molar-refractivity contribution < 1.29 is 31.9 Å². The largest absolute Gasteiger partial charge is 0.456 e. The fourth-order valence-electron chi connectivity index (χ4n) is 2.42. The third-order valence-corrected chi connectivity index (χ3v) is 4.23. The quantitative estimate of drug-likeness (QED) is 0.201. The number of hydrogen-bond donors (Lipinski definition) is 2. The normalized spacial score (nSPS) is 12.4. The fraction of sp³-hybridized carbons (Fsp3) is 0.143. The van der Waals surface area contributed by atoms with Crippen LogP contribution < -0.4 is 15.4 Å². The lowest BCUT2D eigenvalue weighted by atomic mass is 10.1. The molecule has 0 unspecified atom stereocenters. The van der Waals surface area contributed by atoms with Crippen molar-refractivity contribution in [2.24, 2.45) is 0 Å². The first kappa shape index (κ1) is 23.9. The molecule has 0 aliphatic carbocycles. The van der Waals surface area contributed by atoms with Gasteiger partial charge in [0, 0.05) is 18.8 Å². The first-order valence-electron chi connectivity index (χ1n) is 8.72. The Balaban J connectivity index is 2.49. The summed E-state index contributed by atoms with van der Waals surface area (Å²) in [5.74, 6) is -1.55. The molecule has 0 fully saturated rings. The first-order valence-corrected chi connectivity index (χ1v) is 9.10. The van der Waals surface area contributed by atoms with Crippen LogP contribution in [0.15, 0.2) is 59.4 Å². The molecule has 0 saturated heterocycles. The molecule has 0 radical (unpaired) electrons. The number of hydrogen-bond acceptors (Lipinski definition) is 4. The van der Waals surface area contributed by atoms with Crippen LogP contribution in [0.25, 0.3) is 0 Å². The van der Waals surface area contributed by atoms with E-state index < -0.39 is 29.0 Å². The van der Waals surface area contributed by atoms with Gasteiger partial charge in [-0.2, -0.15) is 13.2 Å². The van der Waals surface area contributed by atoms with Crippen molar-refractivity contribution in [1.82, 2.24) is 10.6 Å². The Kier molecular flexibility index (Phi) is 7.82. The van der Waals surface area contributed by atoms with Crippen LogP contribution in [-0.2, 0) is 11.0 Å². The van der Waals surface area contributed by atoms with E-state index in [0.29, 0.717) is 17.9 Å². The van der Waals surface area contributed by atoms with Crippen LogP contribution in [0.2, 0.25) is 0 Å². The van der Waals surface area contributed by atoms with Crippen molar-refractivity contribution in [1.29, 1.82) is 0 Å². The smallest absolute Gasteiger partial charge is 0.416 e. The van der Waals surface area contributed by atoms with Gasteiger partial charge in [-0.05, 0) is 55.0 Å². The molecular formula is C21H17ClF4N2O3. The Morgan fingerprint density at radius 2 is 1.81 bits per heavy atom. The van der Waals surface area contributed by atoms with Gasteiger partial charge in [0.15, 0.2) is 0 Å². The number of nitrogens with one attached hydrogen (secondary N) is 2. The number of aryl methyl sites for hydroxylation is 1.